The van der Waals surface area contributed by atoms with Crippen molar-refractivity contribution in [3.05, 3.63) is 57.8 Å². The van der Waals surface area contributed by atoms with Crippen LogP contribution in [0.25, 0.3) is 22.3 Å². The van der Waals surface area contributed by atoms with Gasteiger partial charge in [0.25, 0.3) is 0 Å². The maximum Gasteiger partial charge on any atom is 0.303 e. The highest BCUT2D eigenvalue weighted by Crippen LogP contribution is 2.42. The van der Waals surface area contributed by atoms with E-state index in [2.05, 4.69) is 0 Å². The number of carbonyl (C=O) groups is 3. The minimum absolute atomic E-state index is 0.0260. The molecule has 0 spiro atoms. The second-order valence-electron chi connectivity index (χ2n) is 16.6. The van der Waals surface area contributed by atoms with E-state index in [0.29, 0.717) is 5.75 Å². The number of phenols is 1. The number of rotatable bonds is 15. The van der Waals surface area contributed by atoms with Gasteiger partial charge in [0.05, 0.1) is 19.8 Å². The summed E-state index contributed by atoms with van der Waals surface area (Å²) in [6.07, 6.45) is -23.9. The fraction of sp³-hybridized carbons (Fsp3) is 0.556. The molecule has 3 fully saturated rings. The van der Waals surface area contributed by atoms with Gasteiger partial charge in [-0.3, -0.25) is 19.2 Å². The van der Waals surface area contributed by atoms with Crippen molar-refractivity contribution in [2.75, 3.05) is 20.3 Å². The van der Waals surface area contributed by atoms with E-state index in [1.165, 1.54) is 38.3 Å². The number of fused-ring (bicyclic) bond motifs is 1. The second-order valence-corrected chi connectivity index (χ2v) is 16.6. The summed E-state index contributed by atoms with van der Waals surface area (Å²) in [5, 5.41) is 86.9. The molecule has 68 heavy (non-hydrogen) atoms. The van der Waals surface area contributed by atoms with Gasteiger partial charge in [-0.15, -0.1) is 0 Å². The third-order valence-corrected chi connectivity index (χ3v) is 11.3. The number of esters is 3. The number of hydrogen-bond acceptors (Lipinski definition) is 23. The summed E-state index contributed by atoms with van der Waals surface area (Å²) in [4.78, 5) is 51.0. The van der Waals surface area contributed by atoms with Gasteiger partial charge in [-0.05, 0) is 51.5 Å². The number of allylic oxidation sites excluding steroid dienone is 2. The normalized spacial score (nSPS) is 31.6. The summed E-state index contributed by atoms with van der Waals surface area (Å²) in [5.74, 6) is -4.01. The molecule has 3 saturated heterocycles. The van der Waals surface area contributed by atoms with Gasteiger partial charge in [-0.25, -0.2) is 0 Å². The molecular formula is C45H56O23. The van der Waals surface area contributed by atoms with Crippen molar-refractivity contribution < 1.29 is 107 Å². The largest absolute Gasteiger partial charge is 0.507 e. The Hall–Kier alpha value is -5.44. The third-order valence-electron chi connectivity index (χ3n) is 11.3. The minimum Gasteiger partial charge on any atom is -0.507 e. The van der Waals surface area contributed by atoms with Gasteiger partial charge in [0, 0.05) is 38.0 Å². The number of aromatic hydroxyl groups is 1. The average Bonchev–Trinajstić information content (AvgIpc) is 3.28. The van der Waals surface area contributed by atoms with Crippen molar-refractivity contribution in [1.82, 2.24) is 0 Å². The standard InChI is InChI=1S/C45H56O23/c1-17(2)8-13-24-26(63-43-34(55)33(54)30(51)27(15-46)64-43)14-25(50)29-32(53)41(38(66-39(24)29)22-9-11-23(58-7)12-10-22)67-44-36(57)42(37(18(3)60-44)61-20(5)48)68-45-35(56)40(62-21(6)49)31(52)28(65-45)16-59-19(4)47/h8-12,14,18,27-28,30-31,33-37,40,42-46,50-52,54-57H,13,15-16H2,1-7H3/t18-,27+,28+,30+,31+,33-,34+,35+,36+,37-,40-,42-,43+,44-,45-/m0/s1. The van der Waals surface area contributed by atoms with Crippen molar-refractivity contribution in [3.8, 4) is 34.3 Å². The number of ether oxygens (including phenoxy) is 10. The molecule has 0 aliphatic carbocycles. The van der Waals surface area contributed by atoms with Crippen molar-refractivity contribution >= 4 is 28.9 Å². The quantitative estimate of drug-likeness (QED) is 0.0546. The summed E-state index contributed by atoms with van der Waals surface area (Å²) in [6.45, 7) is 6.79. The van der Waals surface area contributed by atoms with E-state index < -0.39 is 146 Å². The number of aliphatic hydroxyl groups is 7. The molecule has 0 saturated carbocycles. The molecule has 0 radical (unpaired) electrons. The summed E-state index contributed by atoms with van der Waals surface area (Å²) >= 11 is 0. The van der Waals surface area contributed by atoms with Crippen LogP contribution in [-0.2, 0) is 54.0 Å². The van der Waals surface area contributed by atoms with E-state index in [1.807, 2.05) is 0 Å². The molecule has 6 rings (SSSR count). The summed E-state index contributed by atoms with van der Waals surface area (Å²) in [7, 11) is 1.43. The van der Waals surface area contributed by atoms with Gasteiger partial charge in [0.2, 0.25) is 23.8 Å². The zero-order chi connectivity index (χ0) is 49.9. The highest BCUT2D eigenvalue weighted by atomic mass is 16.8. The second kappa shape index (κ2) is 21.9. The Labute approximate surface area is 387 Å². The molecule has 1 aromatic heterocycles. The zero-order valence-corrected chi connectivity index (χ0v) is 37.9. The van der Waals surface area contributed by atoms with Crippen LogP contribution in [0.4, 0.5) is 0 Å². The van der Waals surface area contributed by atoms with Crippen LogP contribution in [0.1, 0.15) is 47.1 Å². The molecule has 0 amide bonds. The molecule has 0 unspecified atom stereocenters. The molecule has 23 nitrogen and oxygen atoms in total. The number of methoxy groups -OCH3 is 1. The van der Waals surface area contributed by atoms with Gasteiger partial charge in [-0.2, -0.15) is 0 Å². The smallest absolute Gasteiger partial charge is 0.303 e. The third kappa shape index (κ3) is 11.2. The number of carbonyl (C=O) groups excluding carboxylic acids is 3. The number of benzene rings is 2. The lowest BCUT2D eigenvalue weighted by Crippen LogP contribution is -2.65. The Morgan fingerprint density at radius 2 is 1.34 bits per heavy atom. The molecule has 3 aromatic rings. The lowest BCUT2D eigenvalue weighted by atomic mass is 9.96. The van der Waals surface area contributed by atoms with E-state index in [-0.39, 0.29) is 34.6 Å². The van der Waals surface area contributed by atoms with Crippen molar-refractivity contribution in [2.24, 2.45) is 0 Å². The molecular weight excluding hydrogens is 908 g/mol. The number of hydrogen-bond donors (Lipinski definition) is 8. The first kappa shape index (κ1) is 51.9. The monoisotopic (exact) mass is 964 g/mol. The average molecular weight is 965 g/mol. The molecule has 8 N–H and O–H groups in total. The fourth-order valence-corrected chi connectivity index (χ4v) is 7.84. The van der Waals surface area contributed by atoms with Crippen molar-refractivity contribution in [1.29, 1.82) is 0 Å². The summed E-state index contributed by atoms with van der Waals surface area (Å²) in [5.41, 5.74) is -0.175. The van der Waals surface area contributed by atoms with Gasteiger partial charge in [0.1, 0.15) is 89.8 Å². The van der Waals surface area contributed by atoms with E-state index in [1.54, 1.807) is 19.9 Å². The lowest BCUT2D eigenvalue weighted by molar-refractivity contribution is -0.351. The maximum atomic E-state index is 14.9. The van der Waals surface area contributed by atoms with Crippen LogP contribution in [0.15, 0.2) is 51.2 Å². The Morgan fingerprint density at radius 1 is 0.721 bits per heavy atom. The van der Waals surface area contributed by atoms with Crippen LogP contribution in [0.3, 0.4) is 0 Å². The minimum atomic E-state index is -2.05. The first-order valence-corrected chi connectivity index (χ1v) is 21.4. The SMILES string of the molecule is COc1ccc(-c2oc3c(CC=C(C)C)c(O[C@@H]4O[C@H](CO)[C@@H](O)[C@H](O)[C@H]4O)cc(O)c3c(=O)c2O[C@@H]2O[C@@H](C)[C@H](OC(C)=O)[C@@H](O[C@@H]3O[C@H](COC(C)=O)[C@@H](O)[C@H](OC(C)=O)[C@H]3O)[C@H]2O)cc1. The Bertz CT molecular complexity index is 2360. The van der Waals surface area contributed by atoms with Crippen LogP contribution in [-0.4, -0.2) is 171 Å². The van der Waals surface area contributed by atoms with Gasteiger partial charge >= 0.3 is 17.9 Å². The lowest BCUT2D eigenvalue weighted by Gasteiger charge is -2.46. The Balaban J connectivity index is 1.46. The highest BCUT2D eigenvalue weighted by Gasteiger charge is 2.54. The molecule has 0 bridgehead atoms. The Kier molecular flexibility index (Phi) is 16.7. The molecule has 3 aliphatic heterocycles. The number of phenolic OH excluding ortho intramolecular Hbond substituents is 1. The first-order chi connectivity index (χ1) is 32.1. The molecule has 374 valence electrons. The summed E-state index contributed by atoms with van der Waals surface area (Å²) < 4.78 is 63.2. The molecule has 4 heterocycles. The van der Waals surface area contributed by atoms with Crippen LogP contribution in [0.2, 0.25) is 0 Å². The van der Waals surface area contributed by atoms with E-state index in [9.17, 15) is 60.0 Å². The van der Waals surface area contributed by atoms with Gasteiger partial charge in [0.15, 0.2) is 24.3 Å². The van der Waals surface area contributed by atoms with E-state index >= 15 is 0 Å². The highest BCUT2D eigenvalue weighted by molar-refractivity contribution is 5.91. The van der Waals surface area contributed by atoms with Crippen LogP contribution in [0, 0.1) is 0 Å². The van der Waals surface area contributed by atoms with E-state index in [0.717, 1.165) is 32.4 Å². The van der Waals surface area contributed by atoms with Crippen molar-refractivity contribution in [3.63, 3.8) is 0 Å². The molecule has 2 aromatic carbocycles. The number of aliphatic hydroxyl groups excluding tert-OH is 7. The van der Waals surface area contributed by atoms with E-state index in [4.69, 9.17) is 51.8 Å². The van der Waals surface area contributed by atoms with Gasteiger partial charge in [-0.1, -0.05) is 11.6 Å². The first-order valence-electron chi connectivity index (χ1n) is 21.4. The Morgan fingerprint density at radius 3 is 1.94 bits per heavy atom. The van der Waals surface area contributed by atoms with Crippen LogP contribution < -0.4 is 19.6 Å². The van der Waals surface area contributed by atoms with Crippen LogP contribution >= 0.6 is 0 Å². The predicted molar refractivity (Wildman–Crippen MR) is 228 cm³/mol. The topological polar surface area (TPSA) is 336 Å². The zero-order valence-electron chi connectivity index (χ0n) is 37.9. The van der Waals surface area contributed by atoms with Gasteiger partial charge < -0.3 is 92.6 Å². The predicted octanol–water partition coefficient (Wildman–Crippen LogP) is -0.395. The molecule has 15 atom stereocenters. The molecule has 3 aliphatic rings. The fourth-order valence-electron chi connectivity index (χ4n) is 7.84. The maximum absolute atomic E-state index is 14.9. The summed E-state index contributed by atoms with van der Waals surface area (Å²) in [6, 6.07) is 7.11. The van der Waals surface area contributed by atoms with Crippen LogP contribution in [0.5, 0.6) is 23.0 Å². The molecule has 23 heteroatoms. The van der Waals surface area contributed by atoms with Crippen molar-refractivity contribution in [2.45, 2.75) is 140 Å².